The van der Waals surface area contributed by atoms with Crippen LogP contribution in [0.5, 0.6) is 0 Å². The molecule has 0 atom stereocenters. The largest absolute Gasteiger partial charge is 0.462 e. The topological polar surface area (TPSA) is 48.3 Å². The molecule has 4 heteroatoms. The summed E-state index contributed by atoms with van der Waals surface area (Å²) < 4.78 is 7.56. The molecule has 0 aliphatic rings. The number of Topliss-reactive ketones (excluding diaryl/α,β-unsaturated/α-hetero) is 1. The maximum atomic E-state index is 13.2. The van der Waals surface area contributed by atoms with Crippen molar-refractivity contribution in [2.24, 2.45) is 0 Å². The Labute approximate surface area is 194 Å². The minimum atomic E-state index is -0.394. The van der Waals surface area contributed by atoms with E-state index in [0.29, 0.717) is 23.2 Å². The SMILES string of the molecule is CCOC(=O)c1c(CC(=O)c2ccccc2)c(-c2ccccc2)n(Cc2ccccc2)c1C. The van der Waals surface area contributed by atoms with Crippen LogP contribution in [0.1, 0.15) is 44.5 Å². The van der Waals surface area contributed by atoms with E-state index < -0.39 is 5.97 Å². The van der Waals surface area contributed by atoms with Crippen molar-refractivity contribution < 1.29 is 14.3 Å². The first-order valence-corrected chi connectivity index (χ1v) is 11.2. The number of esters is 1. The smallest absolute Gasteiger partial charge is 0.340 e. The quantitative estimate of drug-likeness (QED) is 0.247. The highest BCUT2D eigenvalue weighted by Gasteiger charge is 2.28. The number of benzene rings is 3. The number of hydrogen-bond donors (Lipinski definition) is 0. The summed E-state index contributed by atoms with van der Waals surface area (Å²) in [6.45, 7) is 4.58. The molecular weight excluding hydrogens is 410 g/mol. The van der Waals surface area contributed by atoms with Crippen molar-refractivity contribution in [3.63, 3.8) is 0 Å². The molecule has 33 heavy (non-hydrogen) atoms. The summed E-state index contributed by atoms with van der Waals surface area (Å²) in [5.74, 6) is -0.426. The summed E-state index contributed by atoms with van der Waals surface area (Å²) in [6, 6.07) is 29.2. The van der Waals surface area contributed by atoms with Gasteiger partial charge in [-0.15, -0.1) is 0 Å². The number of carbonyl (C=O) groups excluding carboxylic acids is 2. The maximum Gasteiger partial charge on any atom is 0.340 e. The van der Waals surface area contributed by atoms with Gasteiger partial charge >= 0.3 is 5.97 Å². The second kappa shape index (κ2) is 10.1. The molecule has 0 N–H and O–H groups in total. The maximum absolute atomic E-state index is 13.2. The highest BCUT2D eigenvalue weighted by molar-refractivity contribution is 6.02. The fourth-order valence-corrected chi connectivity index (χ4v) is 4.23. The lowest BCUT2D eigenvalue weighted by Crippen LogP contribution is -2.11. The molecule has 4 aromatic rings. The van der Waals surface area contributed by atoms with E-state index in [2.05, 4.69) is 16.7 Å². The van der Waals surface area contributed by atoms with Gasteiger partial charge in [-0.3, -0.25) is 4.79 Å². The predicted molar refractivity (Wildman–Crippen MR) is 131 cm³/mol. The molecule has 1 heterocycles. The molecule has 0 aliphatic heterocycles. The average molecular weight is 438 g/mol. The minimum absolute atomic E-state index is 0.0322. The van der Waals surface area contributed by atoms with Crippen molar-refractivity contribution in [2.45, 2.75) is 26.8 Å². The van der Waals surface area contributed by atoms with Crippen LogP contribution in [0.25, 0.3) is 11.3 Å². The van der Waals surface area contributed by atoms with Gasteiger partial charge in [-0.05, 0) is 25.0 Å². The lowest BCUT2D eigenvalue weighted by atomic mass is 9.96. The zero-order valence-electron chi connectivity index (χ0n) is 19.0. The van der Waals surface area contributed by atoms with Gasteiger partial charge < -0.3 is 9.30 Å². The van der Waals surface area contributed by atoms with Crippen LogP contribution >= 0.6 is 0 Å². The molecule has 1 aromatic heterocycles. The molecule has 166 valence electrons. The van der Waals surface area contributed by atoms with Crippen molar-refractivity contribution in [3.8, 4) is 11.3 Å². The van der Waals surface area contributed by atoms with E-state index in [0.717, 1.165) is 22.5 Å². The highest BCUT2D eigenvalue weighted by atomic mass is 16.5. The molecule has 0 aliphatic carbocycles. The van der Waals surface area contributed by atoms with Crippen molar-refractivity contribution in [1.29, 1.82) is 0 Å². The normalized spacial score (nSPS) is 10.7. The Bertz CT molecular complexity index is 1240. The fraction of sp³-hybridized carbons (Fsp3) is 0.172. The summed E-state index contributed by atoms with van der Waals surface area (Å²) in [6.07, 6.45) is 0.116. The molecular formula is C29H27NO3. The molecule has 0 amide bonds. The Morgan fingerprint density at radius 3 is 2.00 bits per heavy atom. The third-order valence-corrected chi connectivity index (χ3v) is 5.77. The van der Waals surface area contributed by atoms with Crippen molar-refractivity contribution in [3.05, 3.63) is 119 Å². The highest BCUT2D eigenvalue weighted by Crippen LogP contribution is 2.34. The van der Waals surface area contributed by atoms with Crippen LogP contribution in [0.4, 0.5) is 0 Å². The van der Waals surface area contributed by atoms with E-state index in [4.69, 9.17) is 4.74 Å². The summed E-state index contributed by atoms with van der Waals surface area (Å²) >= 11 is 0. The van der Waals surface area contributed by atoms with Gasteiger partial charge in [-0.25, -0.2) is 4.79 Å². The Kier molecular flexibility index (Phi) is 6.84. The van der Waals surface area contributed by atoms with Crippen LogP contribution < -0.4 is 0 Å². The second-order valence-corrected chi connectivity index (χ2v) is 7.91. The number of rotatable bonds is 8. The Morgan fingerprint density at radius 2 is 1.39 bits per heavy atom. The number of hydrogen-bond acceptors (Lipinski definition) is 3. The van der Waals surface area contributed by atoms with Gasteiger partial charge in [0.2, 0.25) is 0 Å². The van der Waals surface area contributed by atoms with E-state index >= 15 is 0 Å². The van der Waals surface area contributed by atoms with E-state index in [1.54, 1.807) is 6.92 Å². The lowest BCUT2D eigenvalue weighted by molar-refractivity contribution is 0.0524. The van der Waals surface area contributed by atoms with Crippen LogP contribution in [0.2, 0.25) is 0 Å². The molecule has 0 unspecified atom stereocenters. The molecule has 0 saturated carbocycles. The molecule has 4 nitrogen and oxygen atoms in total. The summed E-state index contributed by atoms with van der Waals surface area (Å²) in [4.78, 5) is 26.4. The second-order valence-electron chi connectivity index (χ2n) is 7.91. The zero-order chi connectivity index (χ0) is 23.2. The van der Waals surface area contributed by atoms with Crippen molar-refractivity contribution in [1.82, 2.24) is 4.57 Å². The Balaban J connectivity index is 1.92. The fourth-order valence-electron chi connectivity index (χ4n) is 4.23. The van der Waals surface area contributed by atoms with Crippen LogP contribution in [0.3, 0.4) is 0 Å². The van der Waals surface area contributed by atoms with Gasteiger partial charge in [-0.1, -0.05) is 91.0 Å². The molecule has 0 spiro atoms. The average Bonchev–Trinajstić information content (AvgIpc) is 3.11. The van der Waals surface area contributed by atoms with Crippen LogP contribution in [0.15, 0.2) is 91.0 Å². The zero-order valence-corrected chi connectivity index (χ0v) is 19.0. The number of ether oxygens (including phenoxy) is 1. The molecule has 0 fully saturated rings. The van der Waals surface area contributed by atoms with E-state index in [1.165, 1.54) is 0 Å². The number of nitrogens with zero attached hydrogens (tertiary/aromatic N) is 1. The van der Waals surface area contributed by atoms with E-state index in [9.17, 15) is 9.59 Å². The van der Waals surface area contributed by atoms with Crippen LogP contribution in [-0.2, 0) is 17.7 Å². The van der Waals surface area contributed by atoms with Crippen molar-refractivity contribution in [2.75, 3.05) is 6.61 Å². The van der Waals surface area contributed by atoms with Gasteiger partial charge in [0, 0.05) is 29.8 Å². The molecule has 4 rings (SSSR count). The first-order chi connectivity index (χ1) is 16.1. The van der Waals surface area contributed by atoms with Gasteiger partial charge in [-0.2, -0.15) is 0 Å². The molecule has 0 bridgehead atoms. The molecule has 0 saturated heterocycles. The lowest BCUT2D eigenvalue weighted by Gasteiger charge is -2.14. The van der Waals surface area contributed by atoms with Crippen molar-refractivity contribution >= 4 is 11.8 Å². The molecule has 3 aromatic carbocycles. The number of aromatic nitrogens is 1. The Morgan fingerprint density at radius 1 is 0.818 bits per heavy atom. The van der Waals surface area contributed by atoms with E-state index in [-0.39, 0.29) is 18.8 Å². The van der Waals surface area contributed by atoms with Gasteiger partial charge in [0.15, 0.2) is 5.78 Å². The summed E-state index contributed by atoms with van der Waals surface area (Å²) in [7, 11) is 0. The third kappa shape index (κ3) is 4.80. The number of carbonyl (C=O) groups is 2. The minimum Gasteiger partial charge on any atom is -0.462 e. The third-order valence-electron chi connectivity index (χ3n) is 5.77. The van der Waals surface area contributed by atoms with Gasteiger partial charge in [0.1, 0.15) is 0 Å². The van der Waals surface area contributed by atoms with Crippen LogP contribution in [-0.4, -0.2) is 22.9 Å². The van der Waals surface area contributed by atoms with Crippen LogP contribution in [0, 0.1) is 6.92 Å². The Hall–Kier alpha value is -3.92. The van der Waals surface area contributed by atoms with Gasteiger partial charge in [0.05, 0.1) is 17.9 Å². The predicted octanol–water partition coefficient (Wildman–Crippen LogP) is 6.11. The standard InChI is InChI=1S/C29H27NO3/c1-3-33-29(32)27-21(2)30(20-22-13-7-4-8-14-22)28(24-17-11-6-12-18-24)25(27)19-26(31)23-15-9-5-10-16-23/h4-18H,3,19-20H2,1-2H3. The number of ketones is 1. The van der Waals surface area contributed by atoms with E-state index in [1.807, 2.05) is 85.8 Å². The van der Waals surface area contributed by atoms with Gasteiger partial charge in [0.25, 0.3) is 0 Å². The summed E-state index contributed by atoms with van der Waals surface area (Å²) in [5.41, 5.74) is 5.57. The first kappa shape index (κ1) is 22.3. The monoisotopic (exact) mass is 437 g/mol. The first-order valence-electron chi connectivity index (χ1n) is 11.2. The molecule has 0 radical (unpaired) electrons. The summed E-state index contributed by atoms with van der Waals surface area (Å²) in [5, 5.41) is 0.